The fraction of sp³-hybridized carbons (Fsp3) is 1.00. The number of methoxy groups -OCH3 is 1. The average molecular weight is 226 g/mol. The maximum atomic E-state index is 5.46. The van der Waals surface area contributed by atoms with E-state index in [2.05, 4.69) is 31.1 Å². The summed E-state index contributed by atoms with van der Waals surface area (Å²) in [5, 5.41) is 3.53. The van der Waals surface area contributed by atoms with Gasteiger partial charge in [-0.15, -0.1) is 0 Å². The molecule has 3 atom stereocenters. The predicted molar refractivity (Wildman–Crippen MR) is 66.6 cm³/mol. The number of nitrogens with zero attached hydrogens (tertiary/aromatic N) is 1. The van der Waals surface area contributed by atoms with Gasteiger partial charge in [0, 0.05) is 32.3 Å². The van der Waals surface area contributed by atoms with Gasteiger partial charge in [-0.2, -0.15) is 0 Å². The molecule has 0 bridgehead atoms. The monoisotopic (exact) mass is 226 g/mol. The molecule has 1 saturated heterocycles. The zero-order valence-electron chi connectivity index (χ0n) is 11.1. The van der Waals surface area contributed by atoms with E-state index in [9.17, 15) is 0 Å². The third-order valence-electron chi connectivity index (χ3n) is 4.60. The SMILES string of the molecule is CNC1C(N2CCC(OC)C2)CCC1(C)C. The van der Waals surface area contributed by atoms with Crippen LogP contribution in [0.2, 0.25) is 0 Å². The molecule has 0 radical (unpaired) electrons. The number of nitrogens with one attached hydrogen (secondary N) is 1. The minimum Gasteiger partial charge on any atom is -0.380 e. The maximum Gasteiger partial charge on any atom is 0.0710 e. The van der Waals surface area contributed by atoms with Gasteiger partial charge in [0.05, 0.1) is 6.10 Å². The van der Waals surface area contributed by atoms with Gasteiger partial charge in [0.25, 0.3) is 0 Å². The Morgan fingerprint density at radius 2 is 2.06 bits per heavy atom. The second-order valence-corrected chi connectivity index (χ2v) is 6.00. The highest BCUT2D eigenvalue weighted by Gasteiger charge is 2.44. The lowest BCUT2D eigenvalue weighted by molar-refractivity contribution is 0.0948. The molecule has 0 aromatic carbocycles. The average Bonchev–Trinajstić information content (AvgIpc) is 2.81. The Bertz CT molecular complexity index is 242. The quantitative estimate of drug-likeness (QED) is 0.789. The number of likely N-dealkylation sites (tertiary alicyclic amines) is 1. The molecule has 0 aromatic heterocycles. The van der Waals surface area contributed by atoms with Crippen LogP contribution in [0.3, 0.4) is 0 Å². The first-order valence-corrected chi connectivity index (χ1v) is 6.52. The Morgan fingerprint density at radius 3 is 2.62 bits per heavy atom. The van der Waals surface area contributed by atoms with Crippen molar-refractivity contribution in [2.24, 2.45) is 5.41 Å². The first kappa shape index (κ1) is 12.3. The molecule has 0 spiro atoms. The van der Waals surface area contributed by atoms with Gasteiger partial charge < -0.3 is 10.1 Å². The lowest BCUT2D eigenvalue weighted by Gasteiger charge is -2.35. The van der Waals surface area contributed by atoms with Gasteiger partial charge in [0.15, 0.2) is 0 Å². The van der Waals surface area contributed by atoms with Crippen molar-refractivity contribution >= 4 is 0 Å². The van der Waals surface area contributed by atoms with E-state index >= 15 is 0 Å². The Labute approximate surface area is 99.5 Å². The van der Waals surface area contributed by atoms with Crippen LogP contribution in [-0.4, -0.2) is 50.3 Å². The number of hydrogen-bond acceptors (Lipinski definition) is 3. The topological polar surface area (TPSA) is 24.5 Å². The largest absolute Gasteiger partial charge is 0.380 e. The standard InChI is InChI=1S/C13H26N2O/c1-13(2)7-5-11(12(13)14-3)15-8-6-10(9-15)16-4/h10-12,14H,5-9H2,1-4H3. The number of likely N-dealkylation sites (N-methyl/N-ethyl adjacent to an activating group) is 1. The summed E-state index contributed by atoms with van der Waals surface area (Å²) < 4.78 is 5.46. The summed E-state index contributed by atoms with van der Waals surface area (Å²) in [6.07, 6.45) is 4.32. The minimum atomic E-state index is 0.435. The lowest BCUT2D eigenvalue weighted by atomic mass is 9.86. The van der Waals surface area contributed by atoms with Crippen LogP contribution in [-0.2, 0) is 4.74 Å². The van der Waals surface area contributed by atoms with Gasteiger partial charge >= 0.3 is 0 Å². The zero-order valence-corrected chi connectivity index (χ0v) is 11.1. The molecular weight excluding hydrogens is 200 g/mol. The number of rotatable bonds is 3. The van der Waals surface area contributed by atoms with E-state index in [0.29, 0.717) is 23.6 Å². The van der Waals surface area contributed by atoms with Crippen LogP contribution in [0, 0.1) is 5.41 Å². The Balaban J connectivity index is 2.00. The van der Waals surface area contributed by atoms with Crippen molar-refractivity contribution < 1.29 is 4.74 Å². The van der Waals surface area contributed by atoms with E-state index in [0.717, 1.165) is 6.54 Å². The molecule has 1 heterocycles. The molecule has 2 rings (SSSR count). The highest BCUT2D eigenvalue weighted by Crippen LogP contribution is 2.40. The molecule has 3 heteroatoms. The molecule has 0 aromatic rings. The van der Waals surface area contributed by atoms with Crippen molar-refractivity contribution in [1.29, 1.82) is 0 Å². The van der Waals surface area contributed by atoms with Crippen LogP contribution in [0.15, 0.2) is 0 Å². The van der Waals surface area contributed by atoms with Crippen LogP contribution in [0.5, 0.6) is 0 Å². The zero-order chi connectivity index (χ0) is 11.8. The first-order valence-electron chi connectivity index (χ1n) is 6.52. The second kappa shape index (κ2) is 4.63. The molecule has 1 aliphatic carbocycles. The number of hydrogen-bond donors (Lipinski definition) is 1. The molecule has 16 heavy (non-hydrogen) atoms. The van der Waals surface area contributed by atoms with Crippen molar-refractivity contribution in [2.45, 2.75) is 51.3 Å². The van der Waals surface area contributed by atoms with Crippen LogP contribution in [0.25, 0.3) is 0 Å². The summed E-state index contributed by atoms with van der Waals surface area (Å²) in [5.74, 6) is 0. The smallest absolute Gasteiger partial charge is 0.0710 e. The summed E-state index contributed by atoms with van der Waals surface area (Å²) in [6, 6.07) is 1.34. The van der Waals surface area contributed by atoms with Crippen LogP contribution >= 0.6 is 0 Å². The molecule has 3 nitrogen and oxygen atoms in total. The highest BCUT2D eigenvalue weighted by atomic mass is 16.5. The van der Waals surface area contributed by atoms with Gasteiger partial charge in [0.1, 0.15) is 0 Å². The summed E-state index contributed by atoms with van der Waals surface area (Å²) >= 11 is 0. The van der Waals surface area contributed by atoms with Gasteiger partial charge in [-0.25, -0.2) is 0 Å². The van der Waals surface area contributed by atoms with Crippen molar-refractivity contribution in [1.82, 2.24) is 10.2 Å². The summed E-state index contributed by atoms with van der Waals surface area (Å²) in [5.41, 5.74) is 0.435. The van der Waals surface area contributed by atoms with Crippen molar-refractivity contribution in [3.05, 3.63) is 0 Å². The number of ether oxygens (including phenoxy) is 1. The predicted octanol–water partition coefficient (Wildman–Crippen LogP) is 1.48. The molecule has 1 aliphatic heterocycles. The fourth-order valence-corrected chi connectivity index (χ4v) is 3.59. The fourth-order valence-electron chi connectivity index (χ4n) is 3.59. The van der Waals surface area contributed by atoms with Gasteiger partial charge in [0.2, 0.25) is 0 Å². The van der Waals surface area contributed by atoms with Crippen LogP contribution in [0.1, 0.15) is 33.1 Å². The molecule has 2 aliphatic rings. The van der Waals surface area contributed by atoms with E-state index in [-0.39, 0.29) is 0 Å². The normalized spacial score (nSPS) is 39.4. The summed E-state index contributed by atoms with van der Waals surface area (Å²) in [6.45, 7) is 7.10. The van der Waals surface area contributed by atoms with Crippen LogP contribution in [0.4, 0.5) is 0 Å². The Hall–Kier alpha value is -0.120. The minimum absolute atomic E-state index is 0.435. The molecule has 94 valence electrons. The van der Waals surface area contributed by atoms with Gasteiger partial charge in [-0.1, -0.05) is 13.8 Å². The Kier molecular flexibility index (Phi) is 3.57. The van der Waals surface area contributed by atoms with Crippen molar-refractivity contribution in [3.63, 3.8) is 0 Å². The van der Waals surface area contributed by atoms with E-state index in [4.69, 9.17) is 4.74 Å². The van der Waals surface area contributed by atoms with Crippen molar-refractivity contribution in [2.75, 3.05) is 27.2 Å². The molecular formula is C13H26N2O. The molecule has 2 fully saturated rings. The van der Waals surface area contributed by atoms with E-state index in [1.54, 1.807) is 0 Å². The third kappa shape index (κ3) is 2.13. The van der Waals surface area contributed by atoms with E-state index in [1.165, 1.54) is 25.8 Å². The Morgan fingerprint density at radius 1 is 1.31 bits per heavy atom. The summed E-state index contributed by atoms with van der Waals surface area (Å²) in [4.78, 5) is 2.63. The second-order valence-electron chi connectivity index (χ2n) is 6.00. The molecule has 0 amide bonds. The highest BCUT2D eigenvalue weighted by molar-refractivity contribution is 5.01. The molecule has 1 N–H and O–H groups in total. The third-order valence-corrected chi connectivity index (χ3v) is 4.60. The molecule has 1 saturated carbocycles. The maximum absolute atomic E-state index is 5.46. The molecule has 3 unspecified atom stereocenters. The van der Waals surface area contributed by atoms with Gasteiger partial charge in [-0.3, -0.25) is 4.90 Å². The van der Waals surface area contributed by atoms with E-state index < -0.39 is 0 Å². The first-order chi connectivity index (χ1) is 7.58. The summed E-state index contributed by atoms with van der Waals surface area (Å²) in [7, 11) is 3.94. The van der Waals surface area contributed by atoms with Gasteiger partial charge in [-0.05, 0) is 31.7 Å². The van der Waals surface area contributed by atoms with E-state index in [1.807, 2.05) is 7.11 Å². The lowest BCUT2D eigenvalue weighted by Crippen LogP contribution is -2.50. The van der Waals surface area contributed by atoms with Crippen molar-refractivity contribution in [3.8, 4) is 0 Å². The van der Waals surface area contributed by atoms with Crippen LogP contribution < -0.4 is 5.32 Å².